The first-order valence-corrected chi connectivity index (χ1v) is 9.73. The molecule has 0 unspecified atom stereocenters. The molecule has 3 nitrogen and oxygen atoms in total. The Bertz CT molecular complexity index is 441. The summed E-state index contributed by atoms with van der Waals surface area (Å²) < 4.78 is 5.87. The maximum atomic E-state index is 11.1. The Morgan fingerprint density at radius 3 is 2.22 bits per heavy atom. The molecule has 1 aromatic rings. The van der Waals surface area contributed by atoms with E-state index in [1.54, 1.807) is 0 Å². The van der Waals surface area contributed by atoms with Crippen LogP contribution in [0.3, 0.4) is 0 Å². The van der Waals surface area contributed by atoms with Gasteiger partial charge in [0.1, 0.15) is 5.75 Å². The zero-order valence-corrected chi connectivity index (χ0v) is 12.2. The van der Waals surface area contributed by atoms with E-state index in [2.05, 4.69) is 19.6 Å². The van der Waals surface area contributed by atoms with Crippen LogP contribution in [0.15, 0.2) is 24.3 Å². The second-order valence-corrected chi connectivity index (χ2v) is 10.5. The Morgan fingerprint density at radius 2 is 1.83 bits per heavy atom. The molecule has 98 valence electrons. The number of carboxylic acids is 1. The van der Waals surface area contributed by atoms with E-state index in [4.69, 9.17) is 9.53 Å². The topological polar surface area (TPSA) is 46.5 Å². The van der Waals surface area contributed by atoms with Crippen LogP contribution in [0.5, 0.6) is 5.75 Å². The largest absolute Gasteiger partial charge is 0.544 e. The molecule has 1 N–H and O–H groups in total. The molecule has 4 heteroatoms. The van der Waals surface area contributed by atoms with Gasteiger partial charge in [-0.3, -0.25) is 4.79 Å². The fourth-order valence-electron chi connectivity index (χ4n) is 2.04. The van der Waals surface area contributed by atoms with Gasteiger partial charge in [-0.15, -0.1) is 0 Å². The Hall–Kier alpha value is -1.29. The molecule has 1 fully saturated rings. The zero-order valence-electron chi connectivity index (χ0n) is 11.2. The fraction of sp³-hybridized carbons (Fsp3) is 0.500. The van der Waals surface area contributed by atoms with E-state index < -0.39 is 19.7 Å². The van der Waals surface area contributed by atoms with Gasteiger partial charge in [-0.2, -0.15) is 0 Å². The van der Waals surface area contributed by atoms with Crippen molar-refractivity contribution >= 4 is 14.3 Å². The molecular formula is C14H20O3Si. The summed E-state index contributed by atoms with van der Waals surface area (Å²) >= 11 is 0. The maximum absolute atomic E-state index is 11.1. The molecule has 1 aromatic carbocycles. The van der Waals surface area contributed by atoms with Gasteiger partial charge in [0.2, 0.25) is 8.32 Å². The van der Waals surface area contributed by atoms with Crippen LogP contribution in [0.1, 0.15) is 18.4 Å². The van der Waals surface area contributed by atoms with E-state index in [-0.39, 0.29) is 0 Å². The first kappa shape index (κ1) is 13.1. The number of rotatable bonds is 5. The third kappa shape index (κ3) is 3.13. The minimum absolute atomic E-state index is 0.485. The summed E-state index contributed by atoms with van der Waals surface area (Å²) in [5.74, 6) is 0.225. The molecule has 1 aliphatic rings. The molecule has 18 heavy (non-hydrogen) atoms. The molecule has 0 aromatic heterocycles. The lowest BCUT2D eigenvalue weighted by Gasteiger charge is -2.19. The van der Waals surface area contributed by atoms with Gasteiger partial charge in [0.25, 0.3) is 0 Å². The molecule has 1 saturated carbocycles. The summed E-state index contributed by atoms with van der Waals surface area (Å²) in [7, 11) is -1.56. The SMILES string of the molecule is C[Si](C)(C)Oc1ccc(CC2(C(=O)O)CC2)cc1. The summed E-state index contributed by atoms with van der Waals surface area (Å²) in [5.41, 5.74) is 0.596. The van der Waals surface area contributed by atoms with E-state index in [1.165, 1.54) is 0 Å². The second kappa shape index (κ2) is 4.43. The van der Waals surface area contributed by atoms with Crippen LogP contribution in [0.4, 0.5) is 0 Å². The van der Waals surface area contributed by atoms with Crippen molar-refractivity contribution in [2.45, 2.75) is 38.9 Å². The minimum Gasteiger partial charge on any atom is -0.544 e. The van der Waals surface area contributed by atoms with Crippen molar-refractivity contribution in [3.63, 3.8) is 0 Å². The molecule has 0 bridgehead atoms. The first-order valence-electron chi connectivity index (χ1n) is 6.32. The Balaban J connectivity index is 2.02. The average molecular weight is 264 g/mol. The highest BCUT2D eigenvalue weighted by Crippen LogP contribution is 2.48. The van der Waals surface area contributed by atoms with Gasteiger partial charge in [-0.05, 0) is 56.6 Å². The molecule has 0 atom stereocenters. The Morgan fingerprint density at radius 1 is 1.28 bits per heavy atom. The third-order valence-corrected chi connectivity index (χ3v) is 4.05. The molecule has 1 aliphatic carbocycles. The minimum atomic E-state index is -1.56. The molecule has 0 aliphatic heterocycles. The molecule has 2 rings (SSSR count). The summed E-state index contributed by atoms with van der Waals surface area (Å²) in [6, 6.07) is 7.87. The predicted molar refractivity (Wildman–Crippen MR) is 73.4 cm³/mol. The van der Waals surface area contributed by atoms with Gasteiger partial charge >= 0.3 is 5.97 Å². The van der Waals surface area contributed by atoms with Crippen molar-refractivity contribution in [2.75, 3.05) is 0 Å². The number of benzene rings is 1. The van der Waals surface area contributed by atoms with Gasteiger partial charge in [0.05, 0.1) is 5.41 Å². The number of hydrogen-bond acceptors (Lipinski definition) is 2. The van der Waals surface area contributed by atoms with Gasteiger partial charge in [-0.1, -0.05) is 12.1 Å². The number of hydrogen-bond donors (Lipinski definition) is 1. The summed E-state index contributed by atoms with van der Waals surface area (Å²) in [6.07, 6.45) is 2.24. The third-order valence-electron chi connectivity index (χ3n) is 3.20. The van der Waals surface area contributed by atoms with E-state index in [1.807, 2.05) is 24.3 Å². The maximum Gasteiger partial charge on any atom is 0.309 e. The smallest absolute Gasteiger partial charge is 0.309 e. The van der Waals surface area contributed by atoms with Crippen LogP contribution in [0, 0.1) is 5.41 Å². The lowest BCUT2D eigenvalue weighted by Crippen LogP contribution is -2.29. The van der Waals surface area contributed by atoms with Crippen LogP contribution in [-0.2, 0) is 11.2 Å². The standard InChI is InChI=1S/C14H20O3Si/c1-18(2,3)17-12-6-4-11(5-7-12)10-14(8-9-14)13(15)16/h4-7H,8-10H2,1-3H3,(H,15,16). The normalized spacial score (nSPS) is 17.3. The van der Waals surface area contributed by atoms with Crippen molar-refractivity contribution in [3.05, 3.63) is 29.8 Å². The predicted octanol–water partition coefficient (Wildman–Crippen LogP) is 3.31. The van der Waals surface area contributed by atoms with E-state index in [0.717, 1.165) is 24.2 Å². The van der Waals surface area contributed by atoms with Crippen molar-refractivity contribution in [1.29, 1.82) is 0 Å². The fourth-order valence-corrected chi connectivity index (χ4v) is 2.88. The van der Waals surface area contributed by atoms with Crippen LogP contribution >= 0.6 is 0 Å². The molecule has 0 radical (unpaired) electrons. The summed E-state index contributed by atoms with van der Waals surface area (Å²) in [4.78, 5) is 11.1. The summed E-state index contributed by atoms with van der Waals surface area (Å²) in [6.45, 7) is 6.43. The van der Waals surface area contributed by atoms with E-state index >= 15 is 0 Å². The van der Waals surface area contributed by atoms with Gasteiger partial charge in [-0.25, -0.2) is 0 Å². The van der Waals surface area contributed by atoms with Crippen LogP contribution < -0.4 is 4.43 Å². The lowest BCUT2D eigenvalue weighted by molar-refractivity contribution is -0.143. The zero-order chi connectivity index (χ0) is 13.4. The molecule has 0 amide bonds. The highest BCUT2D eigenvalue weighted by atomic mass is 28.4. The quantitative estimate of drug-likeness (QED) is 0.830. The average Bonchev–Trinajstić information content (AvgIpc) is 3.00. The molecule has 0 spiro atoms. The Kier molecular flexibility index (Phi) is 3.23. The van der Waals surface area contributed by atoms with Gasteiger partial charge < -0.3 is 9.53 Å². The van der Waals surface area contributed by atoms with Crippen LogP contribution in [0.2, 0.25) is 19.6 Å². The van der Waals surface area contributed by atoms with Crippen LogP contribution in [-0.4, -0.2) is 19.4 Å². The lowest BCUT2D eigenvalue weighted by atomic mass is 9.97. The Labute approximate surface area is 109 Å². The molecule has 0 heterocycles. The highest BCUT2D eigenvalue weighted by Gasteiger charge is 2.49. The van der Waals surface area contributed by atoms with Crippen LogP contribution in [0.25, 0.3) is 0 Å². The second-order valence-electron chi connectivity index (χ2n) is 6.12. The van der Waals surface area contributed by atoms with E-state index in [0.29, 0.717) is 6.42 Å². The number of aliphatic carboxylic acids is 1. The van der Waals surface area contributed by atoms with Gasteiger partial charge in [0.15, 0.2) is 0 Å². The monoisotopic (exact) mass is 264 g/mol. The van der Waals surface area contributed by atoms with Crippen molar-refractivity contribution in [2.24, 2.45) is 5.41 Å². The van der Waals surface area contributed by atoms with Crippen molar-refractivity contribution in [1.82, 2.24) is 0 Å². The van der Waals surface area contributed by atoms with Crippen molar-refractivity contribution < 1.29 is 14.3 Å². The van der Waals surface area contributed by atoms with E-state index in [9.17, 15) is 4.79 Å². The molecular weight excluding hydrogens is 244 g/mol. The number of carbonyl (C=O) groups is 1. The highest BCUT2D eigenvalue weighted by molar-refractivity contribution is 6.70. The first-order chi connectivity index (χ1) is 8.31. The molecule has 0 saturated heterocycles. The number of carboxylic acid groups (broad SMARTS) is 1. The van der Waals surface area contributed by atoms with Crippen molar-refractivity contribution in [3.8, 4) is 5.75 Å². The summed E-state index contributed by atoms with van der Waals surface area (Å²) in [5, 5.41) is 9.15. The van der Waals surface area contributed by atoms with Gasteiger partial charge in [0, 0.05) is 0 Å².